The van der Waals surface area contributed by atoms with E-state index in [0.29, 0.717) is 17.4 Å². The van der Waals surface area contributed by atoms with E-state index in [0.717, 1.165) is 16.3 Å². The number of likely N-dealkylation sites (N-methyl/N-ethyl adjacent to an activating group) is 1. The number of thiazole rings is 1. The Morgan fingerprint density at radius 2 is 1.81 bits per heavy atom. The predicted molar refractivity (Wildman–Crippen MR) is 105 cm³/mol. The van der Waals surface area contributed by atoms with E-state index in [9.17, 15) is 9.59 Å². The number of amides is 1. The van der Waals surface area contributed by atoms with Crippen LogP contribution in [0.5, 0.6) is 5.75 Å². The first kappa shape index (κ1) is 20.1. The molecule has 1 aromatic heterocycles. The third-order valence-corrected chi connectivity index (χ3v) is 5.27. The molecule has 0 bridgehead atoms. The van der Waals surface area contributed by atoms with E-state index in [-0.39, 0.29) is 17.6 Å². The van der Waals surface area contributed by atoms with Crippen LogP contribution in [-0.4, -0.2) is 49.3 Å². The normalized spacial score (nSPS) is 12.1. The summed E-state index contributed by atoms with van der Waals surface area (Å²) in [5, 5.41) is 0.570. The molecule has 0 aliphatic carbocycles. The Labute approximate surface area is 158 Å². The Balaban J connectivity index is 2.44. The number of rotatable bonds is 7. The minimum atomic E-state index is -0.249. The Hall–Kier alpha value is -2.25. The number of benzene rings is 1. The Morgan fingerprint density at radius 3 is 2.27 bits per heavy atom. The van der Waals surface area contributed by atoms with Gasteiger partial charge in [-0.25, -0.2) is 4.98 Å². The van der Waals surface area contributed by atoms with Crippen LogP contribution in [0.3, 0.4) is 0 Å². The zero-order valence-electron chi connectivity index (χ0n) is 16.1. The molecule has 0 fully saturated rings. The minimum Gasteiger partial charge on any atom is -0.497 e. The van der Waals surface area contributed by atoms with E-state index in [4.69, 9.17) is 4.74 Å². The molecule has 0 radical (unpaired) electrons. The number of ketones is 1. The van der Waals surface area contributed by atoms with Gasteiger partial charge in [0.1, 0.15) is 11.5 Å². The topological polar surface area (TPSA) is 62.7 Å². The van der Waals surface area contributed by atoms with Crippen molar-refractivity contribution in [2.24, 2.45) is 0 Å². The van der Waals surface area contributed by atoms with E-state index >= 15 is 0 Å². The summed E-state index contributed by atoms with van der Waals surface area (Å²) in [6.45, 7) is 5.59. The summed E-state index contributed by atoms with van der Waals surface area (Å²) in [6.07, 6.45) is 0. The van der Waals surface area contributed by atoms with Crippen molar-refractivity contribution in [1.82, 2.24) is 9.88 Å². The van der Waals surface area contributed by atoms with E-state index in [1.807, 2.05) is 38.1 Å². The molecule has 140 valence electrons. The average molecular weight is 375 g/mol. The van der Waals surface area contributed by atoms with Crippen molar-refractivity contribution in [1.29, 1.82) is 0 Å². The number of anilines is 2. The highest BCUT2D eigenvalue weighted by Gasteiger charge is 2.26. The molecule has 7 heteroatoms. The number of aromatic nitrogens is 1. The van der Waals surface area contributed by atoms with Crippen molar-refractivity contribution in [3.8, 4) is 5.75 Å². The number of methoxy groups -OCH3 is 1. The molecule has 0 aliphatic rings. The molecule has 1 heterocycles. The van der Waals surface area contributed by atoms with Crippen molar-refractivity contribution >= 4 is 33.8 Å². The van der Waals surface area contributed by atoms with E-state index in [2.05, 4.69) is 4.98 Å². The summed E-state index contributed by atoms with van der Waals surface area (Å²) in [7, 11) is 5.47. The number of aryl methyl sites for hydroxylation is 1. The lowest BCUT2D eigenvalue weighted by molar-refractivity contribution is -0.118. The van der Waals surface area contributed by atoms with Crippen LogP contribution in [0, 0.1) is 6.92 Å². The molecular weight excluding hydrogens is 350 g/mol. The molecule has 1 aromatic carbocycles. The highest BCUT2D eigenvalue weighted by atomic mass is 32.1. The summed E-state index contributed by atoms with van der Waals surface area (Å²) in [5.74, 6) is 0.426. The highest BCUT2D eigenvalue weighted by Crippen LogP contribution is 2.36. The van der Waals surface area contributed by atoms with Crippen molar-refractivity contribution < 1.29 is 14.3 Å². The van der Waals surface area contributed by atoms with Crippen molar-refractivity contribution in [3.63, 3.8) is 0 Å². The summed E-state index contributed by atoms with van der Waals surface area (Å²) in [4.78, 5) is 33.5. The number of hydrogen-bond acceptors (Lipinski definition) is 6. The maximum Gasteiger partial charge on any atom is 0.230 e. The largest absolute Gasteiger partial charge is 0.497 e. The summed E-state index contributed by atoms with van der Waals surface area (Å²) < 4.78 is 5.17. The molecule has 0 spiro atoms. The van der Waals surface area contributed by atoms with Crippen LogP contribution in [0.15, 0.2) is 24.3 Å². The Kier molecular flexibility index (Phi) is 6.50. The first-order valence-corrected chi connectivity index (χ1v) is 9.13. The molecule has 0 saturated heterocycles. The minimum absolute atomic E-state index is 0.0934. The number of carbonyl (C=O) groups excluding carboxylic acids is 2. The quantitative estimate of drug-likeness (QED) is 0.742. The molecule has 1 unspecified atom stereocenters. The number of carbonyl (C=O) groups is 2. The maximum atomic E-state index is 12.3. The molecule has 1 amide bonds. The fraction of sp³-hybridized carbons (Fsp3) is 0.421. The summed E-state index contributed by atoms with van der Waals surface area (Å²) >= 11 is 1.39. The van der Waals surface area contributed by atoms with Gasteiger partial charge < -0.3 is 9.64 Å². The molecule has 0 N–H and O–H groups in total. The van der Waals surface area contributed by atoms with E-state index in [1.54, 1.807) is 31.1 Å². The van der Waals surface area contributed by atoms with Gasteiger partial charge in [-0.2, -0.15) is 0 Å². The predicted octanol–water partition coefficient (Wildman–Crippen LogP) is 3.38. The van der Waals surface area contributed by atoms with Crippen LogP contribution < -0.4 is 9.64 Å². The molecule has 2 aromatic rings. The van der Waals surface area contributed by atoms with E-state index < -0.39 is 0 Å². The van der Waals surface area contributed by atoms with Crippen molar-refractivity contribution in [3.05, 3.63) is 34.8 Å². The Morgan fingerprint density at radius 1 is 1.19 bits per heavy atom. The molecule has 26 heavy (non-hydrogen) atoms. The fourth-order valence-electron chi connectivity index (χ4n) is 2.73. The van der Waals surface area contributed by atoms with Crippen molar-refractivity contribution in [2.75, 3.05) is 32.6 Å². The zero-order chi connectivity index (χ0) is 19.4. The zero-order valence-corrected chi connectivity index (χ0v) is 16.9. The average Bonchev–Trinajstić information content (AvgIpc) is 2.93. The van der Waals surface area contributed by atoms with Gasteiger partial charge in [0.05, 0.1) is 24.4 Å². The van der Waals surface area contributed by atoms with Crippen LogP contribution in [0.1, 0.15) is 30.3 Å². The fourth-order valence-corrected chi connectivity index (χ4v) is 4.01. The van der Waals surface area contributed by atoms with Crippen LogP contribution in [0.2, 0.25) is 0 Å². The molecule has 0 aliphatic heterocycles. The second-order valence-electron chi connectivity index (χ2n) is 6.42. The second-order valence-corrected chi connectivity index (χ2v) is 7.43. The molecule has 0 saturated carbocycles. The van der Waals surface area contributed by atoms with Gasteiger partial charge in [0, 0.05) is 18.3 Å². The first-order valence-electron chi connectivity index (χ1n) is 8.31. The smallest absolute Gasteiger partial charge is 0.230 e. The number of Topliss-reactive ketones (excluding diaryl/α,β-unsaturated/α-hetero) is 1. The monoisotopic (exact) mass is 375 g/mol. The molecule has 6 nitrogen and oxygen atoms in total. The highest BCUT2D eigenvalue weighted by molar-refractivity contribution is 7.16. The third-order valence-electron chi connectivity index (χ3n) is 4.01. The SMILES string of the molecule is COc1ccc(N(C(C)=O)c2nc(C)c(C(CN(C)C)C(C)=O)s2)cc1. The van der Waals surface area contributed by atoms with Gasteiger partial charge in [-0.05, 0) is 52.2 Å². The van der Waals surface area contributed by atoms with Gasteiger partial charge in [0.25, 0.3) is 0 Å². The lowest BCUT2D eigenvalue weighted by atomic mass is 10.0. The van der Waals surface area contributed by atoms with Gasteiger partial charge in [-0.1, -0.05) is 0 Å². The molecule has 2 rings (SSSR count). The maximum absolute atomic E-state index is 12.3. The second kappa shape index (κ2) is 8.42. The van der Waals surface area contributed by atoms with Gasteiger partial charge in [0.15, 0.2) is 5.13 Å². The first-order chi connectivity index (χ1) is 12.2. The molecule has 1 atom stereocenters. The van der Waals surface area contributed by atoms with Gasteiger partial charge in [0.2, 0.25) is 5.91 Å². The van der Waals surface area contributed by atoms with Crippen LogP contribution >= 0.6 is 11.3 Å². The van der Waals surface area contributed by atoms with Gasteiger partial charge in [-0.3, -0.25) is 14.5 Å². The van der Waals surface area contributed by atoms with Gasteiger partial charge >= 0.3 is 0 Å². The van der Waals surface area contributed by atoms with Gasteiger partial charge in [-0.15, -0.1) is 11.3 Å². The Bertz CT molecular complexity index is 784. The van der Waals surface area contributed by atoms with Crippen LogP contribution in [0.25, 0.3) is 0 Å². The van der Waals surface area contributed by atoms with Crippen molar-refractivity contribution in [2.45, 2.75) is 26.7 Å². The van der Waals surface area contributed by atoms with E-state index in [1.165, 1.54) is 18.3 Å². The number of ether oxygens (including phenoxy) is 1. The number of hydrogen-bond donors (Lipinski definition) is 0. The third kappa shape index (κ3) is 4.47. The summed E-state index contributed by atoms with van der Waals surface area (Å²) in [5.41, 5.74) is 1.50. The van der Waals surface area contributed by atoms with Crippen LogP contribution in [0.4, 0.5) is 10.8 Å². The van der Waals surface area contributed by atoms with Crippen LogP contribution in [-0.2, 0) is 9.59 Å². The number of nitrogens with zero attached hydrogens (tertiary/aromatic N) is 3. The lowest BCUT2D eigenvalue weighted by Gasteiger charge is -2.19. The standard InChI is InChI=1S/C19H25N3O3S/c1-12-18(17(13(2)23)11-21(4)5)26-19(20-12)22(14(3)24)15-7-9-16(25-6)10-8-15/h7-10,17H,11H2,1-6H3. The summed E-state index contributed by atoms with van der Waals surface area (Å²) in [6, 6.07) is 7.24. The molecular formula is C19H25N3O3S. The lowest BCUT2D eigenvalue weighted by Crippen LogP contribution is -2.24.